The number of nitrogens with zero attached hydrogens (tertiary/aromatic N) is 3. The number of hydrogen-bond acceptors (Lipinski definition) is 5. The van der Waals surface area contributed by atoms with Gasteiger partial charge in [-0.05, 0) is 50.5 Å². The summed E-state index contributed by atoms with van der Waals surface area (Å²) >= 11 is 13.7. The highest BCUT2D eigenvalue weighted by Gasteiger charge is 2.23. The minimum absolute atomic E-state index is 0.204. The Balaban J connectivity index is 2.01. The second-order valence-corrected chi connectivity index (χ2v) is 8.07. The van der Waals surface area contributed by atoms with E-state index in [1.807, 2.05) is 37.2 Å². The molecule has 0 aliphatic heterocycles. The van der Waals surface area contributed by atoms with Crippen LogP contribution in [0.3, 0.4) is 0 Å². The van der Waals surface area contributed by atoms with E-state index in [2.05, 4.69) is 4.98 Å². The van der Waals surface area contributed by atoms with Gasteiger partial charge in [-0.2, -0.15) is 0 Å². The van der Waals surface area contributed by atoms with Crippen LogP contribution < -0.4 is 9.64 Å². The van der Waals surface area contributed by atoms with E-state index >= 15 is 0 Å². The van der Waals surface area contributed by atoms with E-state index in [-0.39, 0.29) is 5.91 Å². The van der Waals surface area contributed by atoms with Crippen molar-refractivity contribution in [3.05, 3.63) is 52.0 Å². The van der Waals surface area contributed by atoms with Crippen molar-refractivity contribution in [2.45, 2.75) is 0 Å². The van der Waals surface area contributed by atoms with Crippen LogP contribution in [0.2, 0.25) is 10.0 Å². The molecule has 1 amide bonds. The highest BCUT2D eigenvalue weighted by Crippen LogP contribution is 2.33. The fourth-order valence-electron chi connectivity index (χ4n) is 2.53. The van der Waals surface area contributed by atoms with E-state index in [0.717, 1.165) is 16.0 Å². The second-order valence-electron chi connectivity index (χ2n) is 6.21. The summed E-state index contributed by atoms with van der Waals surface area (Å²) in [4.78, 5) is 21.5. The van der Waals surface area contributed by atoms with Crippen LogP contribution in [0.1, 0.15) is 10.4 Å². The zero-order chi connectivity index (χ0) is 19.6. The predicted molar refractivity (Wildman–Crippen MR) is 113 cm³/mol. The van der Waals surface area contributed by atoms with E-state index in [1.54, 1.807) is 30.2 Å². The molecule has 27 heavy (non-hydrogen) atoms. The molecule has 142 valence electrons. The first-order valence-corrected chi connectivity index (χ1v) is 9.82. The summed E-state index contributed by atoms with van der Waals surface area (Å²) in [6.07, 6.45) is 0. The van der Waals surface area contributed by atoms with Gasteiger partial charge in [-0.3, -0.25) is 9.69 Å². The SMILES string of the molecule is COc1ccc2nc(N(CCN(C)C)C(=O)c3ccc(Cl)cc3Cl)sc2c1. The highest BCUT2D eigenvalue weighted by molar-refractivity contribution is 7.22. The van der Waals surface area contributed by atoms with Crippen LogP contribution in [0.4, 0.5) is 5.13 Å². The molecule has 2 aromatic carbocycles. The molecule has 0 spiro atoms. The third-order valence-corrected chi connectivity index (χ3v) is 5.58. The van der Waals surface area contributed by atoms with Crippen LogP contribution in [-0.2, 0) is 0 Å². The second kappa shape index (κ2) is 8.44. The maximum absolute atomic E-state index is 13.2. The fraction of sp³-hybridized carbons (Fsp3) is 0.263. The first kappa shape index (κ1) is 19.9. The number of thiazole rings is 1. The Bertz CT molecular complexity index is 975. The molecule has 0 saturated heterocycles. The monoisotopic (exact) mass is 423 g/mol. The molecule has 1 aromatic heterocycles. The summed E-state index contributed by atoms with van der Waals surface area (Å²) in [5.41, 5.74) is 1.22. The van der Waals surface area contributed by atoms with E-state index in [9.17, 15) is 4.79 Å². The van der Waals surface area contributed by atoms with Crippen molar-refractivity contribution in [1.82, 2.24) is 9.88 Å². The smallest absolute Gasteiger partial charge is 0.261 e. The largest absolute Gasteiger partial charge is 0.497 e. The Morgan fingerprint density at radius 2 is 1.93 bits per heavy atom. The summed E-state index contributed by atoms with van der Waals surface area (Å²) < 4.78 is 6.23. The van der Waals surface area contributed by atoms with Gasteiger partial charge in [0.1, 0.15) is 5.75 Å². The average molecular weight is 424 g/mol. The quantitative estimate of drug-likeness (QED) is 0.569. The van der Waals surface area contributed by atoms with Gasteiger partial charge in [0.15, 0.2) is 5.13 Å². The lowest BCUT2D eigenvalue weighted by atomic mass is 10.2. The van der Waals surface area contributed by atoms with Gasteiger partial charge in [-0.1, -0.05) is 34.5 Å². The number of halogens is 2. The lowest BCUT2D eigenvalue weighted by Crippen LogP contribution is -2.36. The van der Waals surface area contributed by atoms with Crippen molar-refractivity contribution in [3.63, 3.8) is 0 Å². The summed E-state index contributed by atoms with van der Waals surface area (Å²) in [6.45, 7) is 1.18. The number of aromatic nitrogens is 1. The van der Waals surface area contributed by atoms with Crippen molar-refractivity contribution in [2.75, 3.05) is 39.2 Å². The highest BCUT2D eigenvalue weighted by atomic mass is 35.5. The molecule has 0 bridgehead atoms. The number of carbonyl (C=O) groups is 1. The minimum atomic E-state index is -0.204. The van der Waals surface area contributed by atoms with Gasteiger partial charge >= 0.3 is 0 Å². The van der Waals surface area contributed by atoms with Gasteiger partial charge in [0.25, 0.3) is 5.91 Å². The van der Waals surface area contributed by atoms with Crippen molar-refractivity contribution in [2.24, 2.45) is 0 Å². The zero-order valence-electron chi connectivity index (χ0n) is 15.2. The number of amides is 1. The van der Waals surface area contributed by atoms with Gasteiger partial charge in [-0.15, -0.1) is 0 Å². The van der Waals surface area contributed by atoms with E-state index < -0.39 is 0 Å². The molecule has 0 N–H and O–H groups in total. The van der Waals surface area contributed by atoms with Crippen LogP contribution in [0.5, 0.6) is 5.75 Å². The number of hydrogen-bond donors (Lipinski definition) is 0. The molecular formula is C19H19Cl2N3O2S. The number of ether oxygens (including phenoxy) is 1. The van der Waals surface area contributed by atoms with Gasteiger partial charge in [0.05, 0.1) is 27.9 Å². The van der Waals surface area contributed by atoms with Gasteiger partial charge < -0.3 is 9.64 Å². The molecule has 0 saturated carbocycles. The Labute approximate surface area is 172 Å². The lowest BCUT2D eigenvalue weighted by Gasteiger charge is -2.22. The third-order valence-electron chi connectivity index (χ3n) is 3.99. The summed E-state index contributed by atoms with van der Waals surface area (Å²) in [5, 5.41) is 1.43. The lowest BCUT2D eigenvalue weighted by molar-refractivity contribution is 0.0985. The third kappa shape index (κ3) is 4.52. The summed E-state index contributed by atoms with van der Waals surface area (Å²) in [5.74, 6) is 0.550. The molecule has 0 unspecified atom stereocenters. The number of fused-ring (bicyclic) bond motifs is 1. The number of carbonyl (C=O) groups excluding carboxylic acids is 1. The van der Waals surface area contributed by atoms with Crippen molar-refractivity contribution in [1.29, 1.82) is 0 Å². The van der Waals surface area contributed by atoms with E-state index in [4.69, 9.17) is 27.9 Å². The van der Waals surface area contributed by atoms with Crippen LogP contribution in [0, 0.1) is 0 Å². The van der Waals surface area contributed by atoms with Crippen LogP contribution in [-0.4, -0.2) is 50.1 Å². The number of methoxy groups -OCH3 is 1. The molecule has 3 rings (SSSR count). The predicted octanol–water partition coefficient (Wildman–Crippen LogP) is 4.82. The first-order valence-electron chi connectivity index (χ1n) is 8.25. The molecule has 0 radical (unpaired) electrons. The number of likely N-dealkylation sites (N-methyl/N-ethyl adjacent to an activating group) is 1. The standard InChI is InChI=1S/C19H19Cl2N3O2S/c1-23(2)8-9-24(18(25)14-6-4-12(20)10-15(14)21)19-22-16-7-5-13(26-3)11-17(16)27-19/h4-7,10-11H,8-9H2,1-3H3. The molecule has 0 fully saturated rings. The minimum Gasteiger partial charge on any atom is -0.497 e. The van der Waals surface area contributed by atoms with Crippen molar-refractivity contribution in [3.8, 4) is 5.75 Å². The molecule has 1 heterocycles. The summed E-state index contributed by atoms with van der Waals surface area (Å²) in [7, 11) is 5.54. The maximum atomic E-state index is 13.2. The Morgan fingerprint density at radius 1 is 1.15 bits per heavy atom. The van der Waals surface area contributed by atoms with Crippen LogP contribution >= 0.6 is 34.5 Å². The van der Waals surface area contributed by atoms with Crippen LogP contribution in [0.25, 0.3) is 10.2 Å². The normalized spacial score (nSPS) is 11.2. The Kier molecular flexibility index (Phi) is 6.22. The molecule has 0 aliphatic carbocycles. The molecular weight excluding hydrogens is 405 g/mol. The van der Waals surface area contributed by atoms with Gasteiger partial charge in [0.2, 0.25) is 0 Å². The maximum Gasteiger partial charge on any atom is 0.261 e. The first-order chi connectivity index (χ1) is 12.9. The Morgan fingerprint density at radius 3 is 2.59 bits per heavy atom. The summed E-state index contributed by atoms with van der Waals surface area (Å²) in [6, 6.07) is 10.5. The average Bonchev–Trinajstić information content (AvgIpc) is 3.04. The topological polar surface area (TPSA) is 45.7 Å². The van der Waals surface area contributed by atoms with Crippen molar-refractivity contribution >= 4 is 55.8 Å². The van der Waals surface area contributed by atoms with E-state index in [0.29, 0.717) is 33.8 Å². The fourth-order valence-corrected chi connectivity index (χ4v) is 4.04. The molecule has 8 heteroatoms. The van der Waals surface area contributed by atoms with Crippen LogP contribution in [0.15, 0.2) is 36.4 Å². The van der Waals surface area contributed by atoms with Gasteiger partial charge in [0, 0.05) is 18.1 Å². The number of rotatable bonds is 6. The van der Waals surface area contributed by atoms with E-state index in [1.165, 1.54) is 11.3 Å². The Hall–Kier alpha value is -1.86. The molecule has 0 aliphatic rings. The molecule has 3 aromatic rings. The molecule has 5 nitrogen and oxygen atoms in total. The number of anilines is 1. The van der Waals surface area contributed by atoms with Crippen molar-refractivity contribution < 1.29 is 9.53 Å². The molecule has 0 atom stereocenters. The zero-order valence-corrected chi connectivity index (χ0v) is 17.5. The van der Waals surface area contributed by atoms with Gasteiger partial charge in [-0.25, -0.2) is 4.98 Å². The number of benzene rings is 2.